The molecule has 0 saturated heterocycles. The summed E-state index contributed by atoms with van der Waals surface area (Å²) in [5.41, 5.74) is -0.815. The van der Waals surface area contributed by atoms with Gasteiger partial charge in [0, 0.05) is 5.56 Å². The third kappa shape index (κ3) is 4.69. The van der Waals surface area contributed by atoms with Crippen molar-refractivity contribution in [3.8, 4) is 5.75 Å². The molecule has 1 aromatic heterocycles. The summed E-state index contributed by atoms with van der Waals surface area (Å²) in [6.07, 6.45) is 0. The summed E-state index contributed by atoms with van der Waals surface area (Å²) >= 11 is 0. The largest absolute Gasteiger partial charge is 0.486 e. The molecule has 0 aliphatic rings. The third-order valence-corrected chi connectivity index (χ3v) is 3.49. The molecule has 0 radical (unpaired) electrons. The van der Waals surface area contributed by atoms with Crippen molar-refractivity contribution in [1.82, 2.24) is 5.32 Å². The van der Waals surface area contributed by atoms with Gasteiger partial charge in [-0.3, -0.25) is 9.59 Å². The lowest BCUT2D eigenvalue weighted by Crippen LogP contribution is -2.49. The van der Waals surface area contributed by atoms with E-state index in [1.54, 1.807) is 30.3 Å². The fraction of sp³-hybridized carbons (Fsp3) is 0.278. The molecular formula is C18H19NO6. The van der Waals surface area contributed by atoms with E-state index in [4.69, 9.17) is 14.3 Å². The summed E-state index contributed by atoms with van der Waals surface area (Å²) in [6, 6.07) is 9.68. The first-order valence-corrected chi connectivity index (χ1v) is 7.57. The number of ether oxygens (including phenoxy) is 1. The number of nitrogens with one attached hydrogen (secondary N) is 1. The maximum atomic E-state index is 12.0. The fourth-order valence-electron chi connectivity index (χ4n) is 1.92. The lowest BCUT2D eigenvalue weighted by molar-refractivity contribution is -0.143. The first-order valence-electron chi connectivity index (χ1n) is 7.57. The van der Waals surface area contributed by atoms with Crippen LogP contribution in [0.25, 0.3) is 0 Å². The third-order valence-electron chi connectivity index (χ3n) is 3.49. The van der Waals surface area contributed by atoms with Crippen LogP contribution in [0.1, 0.15) is 47.4 Å². The summed E-state index contributed by atoms with van der Waals surface area (Å²) in [5, 5.41) is 11.4. The standard InChI is InChI=1S/C18H19NO6/c1-11(20)12-4-6-13(7-5-12)24-10-14-8-9-15(25-14)16(21)19-18(2,3)17(22)23/h4-9H,10H2,1-3H3,(H,19,21)(H,22,23). The Morgan fingerprint density at radius 1 is 1.12 bits per heavy atom. The highest BCUT2D eigenvalue weighted by Gasteiger charge is 2.30. The van der Waals surface area contributed by atoms with Gasteiger partial charge in [-0.25, -0.2) is 4.79 Å². The second-order valence-corrected chi connectivity index (χ2v) is 6.02. The summed E-state index contributed by atoms with van der Waals surface area (Å²) in [6.45, 7) is 4.34. The second kappa shape index (κ2) is 7.21. The van der Waals surface area contributed by atoms with Gasteiger partial charge in [0.1, 0.15) is 23.7 Å². The van der Waals surface area contributed by atoms with E-state index >= 15 is 0 Å². The maximum Gasteiger partial charge on any atom is 0.328 e. The molecule has 7 heteroatoms. The van der Waals surface area contributed by atoms with Crippen LogP contribution in [-0.4, -0.2) is 28.3 Å². The van der Waals surface area contributed by atoms with Crippen molar-refractivity contribution < 1.29 is 28.6 Å². The number of carboxylic acids is 1. The zero-order valence-corrected chi connectivity index (χ0v) is 14.2. The monoisotopic (exact) mass is 345 g/mol. The smallest absolute Gasteiger partial charge is 0.328 e. The molecule has 2 N–H and O–H groups in total. The summed E-state index contributed by atoms with van der Waals surface area (Å²) in [5.74, 6) is -0.833. The van der Waals surface area contributed by atoms with Gasteiger partial charge in [-0.05, 0) is 57.2 Å². The number of carboxylic acid groups (broad SMARTS) is 1. The number of hydrogen-bond donors (Lipinski definition) is 2. The van der Waals surface area contributed by atoms with Crippen LogP contribution in [0, 0.1) is 0 Å². The number of benzene rings is 1. The molecule has 0 aliphatic carbocycles. The van der Waals surface area contributed by atoms with Crippen LogP contribution >= 0.6 is 0 Å². The van der Waals surface area contributed by atoms with E-state index in [-0.39, 0.29) is 18.2 Å². The van der Waals surface area contributed by atoms with Gasteiger partial charge in [-0.15, -0.1) is 0 Å². The minimum atomic E-state index is -1.40. The Morgan fingerprint density at radius 2 is 1.76 bits per heavy atom. The zero-order chi connectivity index (χ0) is 18.6. The van der Waals surface area contributed by atoms with Crippen molar-refractivity contribution in [2.24, 2.45) is 0 Å². The highest BCUT2D eigenvalue weighted by Crippen LogP contribution is 2.16. The molecule has 0 fully saturated rings. The highest BCUT2D eigenvalue weighted by atomic mass is 16.5. The minimum Gasteiger partial charge on any atom is -0.486 e. The summed E-state index contributed by atoms with van der Waals surface area (Å²) < 4.78 is 10.9. The zero-order valence-electron chi connectivity index (χ0n) is 14.2. The van der Waals surface area contributed by atoms with Gasteiger partial charge >= 0.3 is 5.97 Å². The number of aliphatic carboxylic acids is 1. The topological polar surface area (TPSA) is 106 Å². The molecule has 2 aromatic rings. The average molecular weight is 345 g/mol. The van der Waals surface area contributed by atoms with Crippen LogP contribution in [0.5, 0.6) is 5.75 Å². The van der Waals surface area contributed by atoms with E-state index in [0.29, 0.717) is 17.1 Å². The lowest BCUT2D eigenvalue weighted by atomic mass is 10.1. The number of carbonyl (C=O) groups is 3. The average Bonchev–Trinajstić information content (AvgIpc) is 3.02. The Labute approximate surface area is 144 Å². The first-order chi connectivity index (χ1) is 11.7. The molecule has 132 valence electrons. The Kier molecular flexibility index (Phi) is 5.26. The van der Waals surface area contributed by atoms with E-state index in [9.17, 15) is 14.4 Å². The number of furan rings is 1. The normalized spacial score (nSPS) is 11.0. The van der Waals surface area contributed by atoms with Crippen LogP contribution in [-0.2, 0) is 11.4 Å². The number of hydrogen-bond acceptors (Lipinski definition) is 5. The maximum absolute atomic E-state index is 12.0. The summed E-state index contributed by atoms with van der Waals surface area (Å²) in [4.78, 5) is 34.3. The molecule has 0 aliphatic heterocycles. The van der Waals surface area contributed by atoms with Crippen LogP contribution < -0.4 is 10.1 Å². The molecule has 7 nitrogen and oxygen atoms in total. The van der Waals surface area contributed by atoms with Crippen LogP contribution in [0.15, 0.2) is 40.8 Å². The number of Topliss-reactive ketones (excluding diaryl/α,β-unsaturated/α-hetero) is 1. The van der Waals surface area contributed by atoms with Crippen LogP contribution in [0.2, 0.25) is 0 Å². The molecule has 25 heavy (non-hydrogen) atoms. The quantitative estimate of drug-likeness (QED) is 0.747. The molecule has 0 bridgehead atoms. The highest BCUT2D eigenvalue weighted by molar-refractivity contribution is 5.95. The van der Waals surface area contributed by atoms with Crippen molar-refractivity contribution in [3.05, 3.63) is 53.5 Å². The van der Waals surface area contributed by atoms with Gasteiger partial charge in [-0.1, -0.05) is 0 Å². The molecule has 0 spiro atoms. The van der Waals surface area contributed by atoms with Crippen molar-refractivity contribution in [2.75, 3.05) is 0 Å². The Morgan fingerprint density at radius 3 is 2.32 bits per heavy atom. The van der Waals surface area contributed by atoms with Gasteiger partial charge < -0.3 is 19.6 Å². The molecular weight excluding hydrogens is 326 g/mol. The van der Waals surface area contributed by atoms with E-state index in [1.807, 2.05) is 0 Å². The second-order valence-electron chi connectivity index (χ2n) is 6.02. The summed E-state index contributed by atoms with van der Waals surface area (Å²) in [7, 11) is 0. The Balaban J connectivity index is 1.96. The van der Waals surface area contributed by atoms with Gasteiger partial charge in [-0.2, -0.15) is 0 Å². The lowest BCUT2D eigenvalue weighted by Gasteiger charge is -2.19. The Bertz CT molecular complexity index is 788. The van der Waals surface area contributed by atoms with E-state index in [0.717, 1.165) is 0 Å². The van der Waals surface area contributed by atoms with Crippen LogP contribution in [0.4, 0.5) is 0 Å². The van der Waals surface area contributed by atoms with Crippen molar-refractivity contribution >= 4 is 17.7 Å². The number of carbonyl (C=O) groups excluding carboxylic acids is 2. The van der Waals surface area contributed by atoms with Crippen molar-refractivity contribution in [1.29, 1.82) is 0 Å². The number of ketones is 1. The molecule has 0 saturated carbocycles. The Hall–Kier alpha value is -3.09. The molecule has 1 amide bonds. The SMILES string of the molecule is CC(=O)c1ccc(OCc2ccc(C(=O)NC(C)(C)C(=O)O)o2)cc1. The molecule has 0 unspecified atom stereocenters. The molecule has 2 rings (SSSR count). The number of rotatable bonds is 7. The van der Waals surface area contributed by atoms with E-state index in [1.165, 1.54) is 26.8 Å². The fourth-order valence-corrected chi connectivity index (χ4v) is 1.92. The predicted molar refractivity (Wildman–Crippen MR) is 88.7 cm³/mol. The van der Waals surface area contributed by atoms with Crippen LogP contribution in [0.3, 0.4) is 0 Å². The van der Waals surface area contributed by atoms with Crippen molar-refractivity contribution in [3.63, 3.8) is 0 Å². The molecule has 1 heterocycles. The van der Waals surface area contributed by atoms with Gasteiger partial charge in [0.25, 0.3) is 5.91 Å². The molecule has 0 atom stereocenters. The van der Waals surface area contributed by atoms with Gasteiger partial charge in [0.15, 0.2) is 11.5 Å². The van der Waals surface area contributed by atoms with Gasteiger partial charge in [0.05, 0.1) is 0 Å². The van der Waals surface area contributed by atoms with E-state index in [2.05, 4.69) is 5.32 Å². The predicted octanol–water partition coefficient (Wildman–Crippen LogP) is 2.65. The van der Waals surface area contributed by atoms with Gasteiger partial charge in [0.2, 0.25) is 0 Å². The minimum absolute atomic E-state index is 0.000136. The van der Waals surface area contributed by atoms with Crippen molar-refractivity contribution in [2.45, 2.75) is 32.9 Å². The molecule has 1 aromatic carbocycles. The number of amides is 1. The van der Waals surface area contributed by atoms with E-state index < -0.39 is 17.4 Å². The first kappa shape index (κ1) is 18.3.